The van der Waals surface area contributed by atoms with Gasteiger partial charge in [0.05, 0.1) is 24.9 Å². The maximum absolute atomic E-state index is 13.2. The van der Waals surface area contributed by atoms with E-state index in [1.165, 1.54) is 0 Å². The van der Waals surface area contributed by atoms with Crippen LogP contribution in [0.5, 0.6) is 0 Å². The Kier molecular flexibility index (Phi) is 6.92. The van der Waals surface area contributed by atoms with Crippen molar-refractivity contribution in [2.75, 3.05) is 39.4 Å². The van der Waals surface area contributed by atoms with Crippen molar-refractivity contribution in [3.8, 4) is 22.5 Å². The smallest absolute Gasteiger partial charge is 0.239 e. The van der Waals surface area contributed by atoms with Gasteiger partial charge in [0, 0.05) is 61.8 Å². The van der Waals surface area contributed by atoms with Crippen LogP contribution in [0.1, 0.15) is 31.4 Å². The number of piperidine rings is 1. The number of hydrogen-bond acceptors (Lipinski definition) is 6. The quantitative estimate of drug-likeness (QED) is 0.583. The van der Waals surface area contributed by atoms with E-state index in [0.29, 0.717) is 19.0 Å². The van der Waals surface area contributed by atoms with Crippen molar-refractivity contribution in [1.29, 1.82) is 0 Å². The van der Waals surface area contributed by atoms with E-state index < -0.39 is 0 Å². The molecule has 4 heterocycles. The lowest BCUT2D eigenvalue weighted by atomic mass is 9.88. The first-order chi connectivity index (χ1) is 16.7. The molecule has 1 unspecified atom stereocenters. The van der Waals surface area contributed by atoms with Crippen molar-refractivity contribution in [2.24, 2.45) is 0 Å². The molecule has 7 nitrogen and oxygen atoms in total. The van der Waals surface area contributed by atoms with Gasteiger partial charge < -0.3 is 9.64 Å². The Balaban J connectivity index is 1.36. The number of amides is 1. The third-order valence-electron chi connectivity index (χ3n) is 6.97. The van der Waals surface area contributed by atoms with E-state index in [1.807, 2.05) is 48.4 Å². The van der Waals surface area contributed by atoms with Gasteiger partial charge in [0.25, 0.3) is 0 Å². The van der Waals surface area contributed by atoms with Crippen molar-refractivity contribution in [2.45, 2.75) is 31.7 Å². The molecule has 0 radical (unpaired) electrons. The number of pyridine rings is 1. The number of aromatic nitrogens is 3. The largest absolute Gasteiger partial charge is 0.379 e. The Morgan fingerprint density at radius 3 is 2.41 bits per heavy atom. The minimum atomic E-state index is -0.100. The predicted molar refractivity (Wildman–Crippen MR) is 131 cm³/mol. The van der Waals surface area contributed by atoms with E-state index in [-0.39, 0.29) is 17.9 Å². The minimum Gasteiger partial charge on any atom is -0.379 e. The first kappa shape index (κ1) is 22.6. The lowest BCUT2D eigenvalue weighted by Gasteiger charge is -2.38. The summed E-state index contributed by atoms with van der Waals surface area (Å²) in [6.45, 7) is 6.57. The molecule has 0 N–H and O–H groups in total. The molecule has 1 aromatic carbocycles. The average molecular weight is 458 g/mol. The standard InChI is InChI=1S/C27H31N5O2/c1-20(31-14-16-34-17-15-31)27(33)32-12-9-22(10-13-32)25-24(21-6-3-2-4-7-21)19-29-26(30-25)23-8-5-11-28-18-23/h2-8,11,18-20,22H,9-10,12-17H2,1H3. The summed E-state index contributed by atoms with van der Waals surface area (Å²) in [4.78, 5) is 31.4. The molecule has 0 aliphatic carbocycles. The predicted octanol–water partition coefficient (Wildman–Crippen LogP) is 3.63. The van der Waals surface area contributed by atoms with E-state index in [9.17, 15) is 4.79 Å². The fourth-order valence-corrected chi connectivity index (χ4v) is 4.94. The van der Waals surface area contributed by atoms with Crippen LogP contribution < -0.4 is 0 Å². The lowest BCUT2D eigenvalue weighted by molar-refractivity contribution is -0.139. The molecule has 0 bridgehead atoms. The Hall–Kier alpha value is -3.16. The highest BCUT2D eigenvalue weighted by Gasteiger charge is 2.31. The molecule has 2 aromatic heterocycles. The van der Waals surface area contributed by atoms with Crippen LogP contribution in [0.15, 0.2) is 61.1 Å². The van der Waals surface area contributed by atoms with Crippen molar-refractivity contribution in [3.05, 3.63) is 66.7 Å². The number of likely N-dealkylation sites (tertiary alicyclic amines) is 1. The van der Waals surface area contributed by atoms with Gasteiger partial charge in [0.2, 0.25) is 5.91 Å². The third-order valence-corrected chi connectivity index (χ3v) is 6.97. The monoisotopic (exact) mass is 457 g/mol. The molecule has 1 atom stereocenters. The van der Waals surface area contributed by atoms with Gasteiger partial charge in [0.15, 0.2) is 5.82 Å². The van der Waals surface area contributed by atoms with E-state index in [1.54, 1.807) is 12.4 Å². The van der Waals surface area contributed by atoms with E-state index >= 15 is 0 Å². The first-order valence-corrected chi connectivity index (χ1v) is 12.1. The number of nitrogens with zero attached hydrogens (tertiary/aromatic N) is 5. The number of rotatable bonds is 5. The summed E-state index contributed by atoms with van der Waals surface area (Å²) in [5, 5.41) is 0. The summed E-state index contributed by atoms with van der Waals surface area (Å²) in [5.41, 5.74) is 4.16. The van der Waals surface area contributed by atoms with E-state index in [0.717, 1.165) is 61.4 Å². The lowest BCUT2D eigenvalue weighted by Crippen LogP contribution is -2.52. The SMILES string of the molecule is CC(C(=O)N1CCC(c2nc(-c3cccnc3)ncc2-c2ccccc2)CC1)N1CCOCC1. The van der Waals surface area contributed by atoms with Gasteiger partial charge in [-0.15, -0.1) is 0 Å². The molecule has 3 aromatic rings. The summed E-state index contributed by atoms with van der Waals surface area (Å²) < 4.78 is 5.44. The molecule has 2 fully saturated rings. The normalized spacial score (nSPS) is 18.6. The molecule has 1 amide bonds. The van der Waals surface area contributed by atoms with Gasteiger partial charge in [-0.1, -0.05) is 30.3 Å². The number of ether oxygens (including phenoxy) is 1. The molecule has 176 valence electrons. The highest BCUT2D eigenvalue weighted by Crippen LogP contribution is 2.35. The number of carbonyl (C=O) groups is 1. The Morgan fingerprint density at radius 2 is 1.71 bits per heavy atom. The van der Waals surface area contributed by atoms with Crippen LogP contribution in [0.2, 0.25) is 0 Å². The second-order valence-corrected chi connectivity index (χ2v) is 9.02. The second-order valence-electron chi connectivity index (χ2n) is 9.02. The minimum absolute atomic E-state index is 0.100. The van der Waals surface area contributed by atoms with Crippen molar-refractivity contribution < 1.29 is 9.53 Å². The molecule has 2 saturated heterocycles. The first-order valence-electron chi connectivity index (χ1n) is 12.1. The molecule has 0 spiro atoms. The maximum atomic E-state index is 13.2. The van der Waals surface area contributed by atoms with Crippen LogP contribution in [-0.2, 0) is 9.53 Å². The topological polar surface area (TPSA) is 71.5 Å². The Morgan fingerprint density at radius 1 is 0.971 bits per heavy atom. The van der Waals surface area contributed by atoms with Crippen LogP contribution >= 0.6 is 0 Å². The van der Waals surface area contributed by atoms with Gasteiger partial charge >= 0.3 is 0 Å². The molecular formula is C27H31N5O2. The van der Waals surface area contributed by atoms with Crippen molar-refractivity contribution >= 4 is 5.91 Å². The highest BCUT2D eigenvalue weighted by atomic mass is 16.5. The Bertz CT molecular complexity index is 1090. The molecule has 2 aliphatic rings. The van der Waals surface area contributed by atoms with Crippen LogP contribution in [-0.4, -0.2) is 76.1 Å². The fraction of sp³-hybridized carbons (Fsp3) is 0.407. The number of morpholine rings is 1. The van der Waals surface area contributed by atoms with Gasteiger partial charge in [-0.3, -0.25) is 14.7 Å². The molecular weight excluding hydrogens is 426 g/mol. The number of carbonyl (C=O) groups excluding carboxylic acids is 1. The Labute approximate surface area is 200 Å². The number of hydrogen-bond donors (Lipinski definition) is 0. The van der Waals surface area contributed by atoms with Gasteiger partial charge in [-0.05, 0) is 37.5 Å². The fourth-order valence-electron chi connectivity index (χ4n) is 4.94. The molecule has 7 heteroatoms. The zero-order valence-corrected chi connectivity index (χ0v) is 19.6. The molecule has 2 aliphatic heterocycles. The van der Waals surface area contributed by atoms with Crippen molar-refractivity contribution in [1.82, 2.24) is 24.8 Å². The van der Waals surface area contributed by atoms with Crippen LogP contribution in [0.4, 0.5) is 0 Å². The zero-order valence-electron chi connectivity index (χ0n) is 19.6. The zero-order chi connectivity index (χ0) is 23.3. The maximum Gasteiger partial charge on any atom is 0.239 e. The van der Waals surface area contributed by atoms with Crippen LogP contribution in [0.25, 0.3) is 22.5 Å². The summed E-state index contributed by atoms with van der Waals surface area (Å²) >= 11 is 0. The van der Waals surface area contributed by atoms with Gasteiger partial charge in [-0.25, -0.2) is 9.97 Å². The van der Waals surface area contributed by atoms with Crippen LogP contribution in [0.3, 0.4) is 0 Å². The summed E-state index contributed by atoms with van der Waals surface area (Å²) in [6, 6.07) is 14.1. The highest BCUT2D eigenvalue weighted by molar-refractivity contribution is 5.81. The van der Waals surface area contributed by atoms with E-state index in [4.69, 9.17) is 9.72 Å². The number of benzene rings is 1. The third kappa shape index (κ3) is 4.86. The molecule has 0 saturated carbocycles. The van der Waals surface area contributed by atoms with Crippen molar-refractivity contribution in [3.63, 3.8) is 0 Å². The van der Waals surface area contributed by atoms with E-state index in [2.05, 4.69) is 27.0 Å². The second kappa shape index (κ2) is 10.4. The molecule has 34 heavy (non-hydrogen) atoms. The summed E-state index contributed by atoms with van der Waals surface area (Å²) in [5.74, 6) is 1.20. The molecule has 5 rings (SSSR count). The average Bonchev–Trinajstić information content (AvgIpc) is 2.93. The summed E-state index contributed by atoms with van der Waals surface area (Å²) in [7, 11) is 0. The van der Waals surface area contributed by atoms with Crippen LogP contribution in [0, 0.1) is 0 Å². The van der Waals surface area contributed by atoms with Gasteiger partial charge in [-0.2, -0.15) is 0 Å². The summed E-state index contributed by atoms with van der Waals surface area (Å²) in [6.07, 6.45) is 7.29. The van der Waals surface area contributed by atoms with Gasteiger partial charge in [0.1, 0.15) is 0 Å².